The third kappa shape index (κ3) is 6.78. The molecule has 0 saturated carbocycles. The summed E-state index contributed by atoms with van der Waals surface area (Å²) in [5, 5.41) is 6.46. The van der Waals surface area contributed by atoms with Gasteiger partial charge in [0.2, 0.25) is 5.91 Å². The molecule has 20 heavy (non-hydrogen) atoms. The highest BCUT2D eigenvalue weighted by Crippen LogP contribution is 2.08. The van der Waals surface area contributed by atoms with Gasteiger partial charge in [0.15, 0.2) is 5.96 Å². The number of amides is 1. The number of unbranched alkanes of at least 4 members (excludes halogenated alkanes) is 2. The summed E-state index contributed by atoms with van der Waals surface area (Å²) in [5.41, 5.74) is 0. The minimum Gasteiger partial charge on any atom is -0.357 e. The standard InChI is InChI=1S/C15H30N4O/c1-3-5-6-10-17-15(16-4-2)18-11-9-14(20)19-12-7-8-13-19/h3-13H2,1-2H3,(H2,16,17,18). The maximum absolute atomic E-state index is 11.9. The minimum absolute atomic E-state index is 0.261. The normalized spacial score (nSPS) is 15.5. The largest absolute Gasteiger partial charge is 0.357 e. The van der Waals surface area contributed by atoms with Crippen molar-refractivity contribution in [3.8, 4) is 0 Å². The monoisotopic (exact) mass is 282 g/mol. The number of likely N-dealkylation sites (tertiary alicyclic amines) is 1. The van der Waals surface area contributed by atoms with Crippen molar-refractivity contribution in [1.82, 2.24) is 15.5 Å². The molecule has 1 heterocycles. The van der Waals surface area contributed by atoms with E-state index in [2.05, 4.69) is 29.5 Å². The Balaban J connectivity index is 2.21. The smallest absolute Gasteiger partial charge is 0.224 e. The van der Waals surface area contributed by atoms with Gasteiger partial charge in [0.1, 0.15) is 0 Å². The minimum atomic E-state index is 0.261. The molecule has 1 aliphatic heterocycles. The van der Waals surface area contributed by atoms with Crippen LogP contribution < -0.4 is 10.6 Å². The summed E-state index contributed by atoms with van der Waals surface area (Å²) in [4.78, 5) is 18.4. The van der Waals surface area contributed by atoms with Crippen molar-refractivity contribution < 1.29 is 4.79 Å². The van der Waals surface area contributed by atoms with Crippen molar-refractivity contribution in [2.75, 3.05) is 32.7 Å². The average Bonchev–Trinajstić information content (AvgIpc) is 2.97. The Labute approximate surface area is 123 Å². The first-order valence-corrected chi connectivity index (χ1v) is 8.07. The number of guanidine groups is 1. The molecule has 0 radical (unpaired) electrons. The zero-order valence-electron chi connectivity index (χ0n) is 13.1. The van der Waals surface area contributed by atoms with Gasteiger partial charge in [-0.25, -0.2) is 0 Å². The van der Waals surface area contributed by atoms with E-state index in [1.807, 2.05) is 4.90 Å². The zero-order chi connectivity index (χ0) is 14.6. The summed E-state index contributed by atoms with van der Waals surface area (Å²) in [6.07, 6.45) is 6.42. The van der Waals surface area contributed by atoms with E-state index in [-0.39, 0.29) is 5.91 Å². The second-order valence-corrected chi connectivity index (χ2v) is 5.23. The predicted molar refractivity (Wildman–Crippen MR) is 83.9 cm³/mol. The number of hydrogen-bond donors (Lipinski definition) is 2. The Kier molecular flexibility index (Phi) is 8.83. The molecular formula is C15H30N4O. The molecule has 0 aliphatic carbocycles. The summed E-state index contributed by atoms with van der Waals surface area (Å²) in [6, 6.07) is 0. The Morgan fingerprint density at radius 1 is 1.15 bits per heavy atom. The van der Waals surface area contributed by atoms with Gasteiger partial charge in [-0.1, -0.05) is 19.8 Å². The molecule has 0 unspecified atom stereocenters. The van der Waals surface area contributed by atoms with E-state index in [9.17, 15) is 4.79 Å². The van der Waals surface area contributed by atoms with E-state index < -0.39 is 0 Å². The van der Waals surface area contributed by atoms with Gasteiger partial charge in [-0.05, 0) is 26.2 Å². The van der Waals surface area contributed by atoms with E-state index in [4.69, 9.17) is 0 Å². The lowest BCUT2D eigenvalue weighted by Crippen LogP contribution is -2.39. The molecule has 0 aromatic heterocycles. The fourth-order valence-electron chi connectivity index (χ4n) is 2.31. The van der Waals surface area contributed by atoms with Crippen LogP contribution >= 0.6 is 0 Å². The first-order chi connectivity index (χ1) is 9.77. The Bertz CT molecular complexity index is 298. The van der Waals surface area contributed by atoms with Crippen LogP contribution in [0.3, 0.4) is 0 Å². The van der Waals surface area contributed by atoms with Gasteiger partial charge in [-0.2, -0.15) is 0 Å². The van der Waals surface area contributed by atoms with Gasteiger partial charge >= 0.3 is 0 Å². The third-order valence-electron chi connectivity index (χ3n) is 3.47. The van der Waals surface area contributed by atoms with Crippen LogP contribution in [0.5, 0.6) is 0 Å². The van der Waals surface area contributed by atoms with E-state index in [1.54, 1.807) is 0 Å². The van der Waals surface area contributed by atoms with E-state index in [0.29, 0.717) is 13.0 Å². The number of carbonyl (C=O) groups excluding carboxylic acids is 1. The number of carbonyl (C=O) groups is 1. The molecule has 1 aliphatic rings. The Morgan fingerprint density at radius 3 is 2.55 bits per heavy atom. The molecule has 0 spiro atoms. The zero-order valence-corrected chi connectivity index (χ0v) is 13.1. The molecule has 5 heteroatoms. The molecular weight excluding hydrogens is 252 g/mol. The van der Waals surface area contributed by atoms with Gasteiger partial charge in [-0.15, -0.1) is 0 Å². The van der Waals surface area contributed by atoms with Crippen LogP contribution in [0.1, 0.15) is 52.4 Å². The van der Waals surface area contributed by atoms with E-state index in [0.717, 1.165) is 51.4 Å². The summed E-state index contributed by atoms with van der Waals surface area (Å²) < 4.78 is 0. The molecule has 116 valence electrons. The van der Waals surface area contributed by atoms with Crippen molar-refractivity contribution in [3.63, 3.8) is 0 Å². The molecule has 0 aromatic rings. The topological polar surface area (TPSA) is 56.7 Å². The summed E-state index contributed by atoms with van der Waals surface area (Å²) >= 11 is 0. The maximum Gasteiger partial charge on any atom is 0.224 e. The van der Waals surface area contributed by atoms with E-state index in [1.165, 1.54) is 12.8 Å². The van der Waals surface area contributed by atoms with Crippen LogP contribution in [-0.4, -0.2) is 49.5 Å². The summed E-state index contributed by atoms with van der Waals surface area (Å²) in [5.74, 6) is 1.09. The first-order valence-electron chi connectivity index (χ1n) is 8.07. The van der Waals surface area contributed by atoms with Crippen LogP contribution in [0.2, 0.25) is 0 Å². The SMILES string of the molecule is CCCCCN=C(NCC)NCCC(=O)N1CCCC1. The maximum atomic E-state index is 11.9. The number of aliphatic imine (C=N–C) groups is 1. The lowest BCUT2D eigenvalue weighted by molar-refractivity contribution is -0.129. The molecule has 5 nitrogen and oxygen atoms in total. The summed E-state index contributed by atoms with van der Waals surface area (Å²) in [6.45, 7) is 8.47. The fraction of sp³-hybridized carbons (Fsp3) is 0.867. The van der Waals surface area contributed by atoms with Crippen molar-refractivity contribution in [3.05, 3.63) is 0 Å². The molecule has 0 bridgehead atoms. The van der Waals surface area contributed by atoms with Crippen LogP contribution in [0.4, 0.5) is 0 Å². The highest BCUT2D eigenvalue weighted by Gasteiger charge is 2.17. The van der Waals surface area contributed by atoms with Crippen molar-refractivity contribution in [2.24, 2.45) is 4.99 Å². The number of nitrogens with zero attached hydrogens (tertiary/aromatic N) is 2. The quantitative estimate of drug-likeness (QED) is 0.405. The molecule has 1 saturated heterocycles. The second-order valence-electron chi connectivity index (χ2n) is 5.23. The van der Waals surface area contributed by atoms with Gasteiger partial charge < -0.3 is 15.5 Å². The third-order valence-corrected chi connectivity index (χ3v) is 3.47. The van der Waals surface area contributed by atoms with Gasteiger partial charge in [0, 0.05) is 39.1 Å². The predicted octanol–water partition coefficient (Wildman–Crippen LogP) is 1.74. The number of nitrogens with one attached hydrogen (secondary N) is 2. The first kappa shape index (κ1) is 16.8. The van der Waals surface area contributed by atoms with Crippen LogP contribution in [0.25, 0.3) is 0 Å². The molecule has 2 N–H and O–H groups in total. The van der Waals surface area contributed by atoms with E-state index >= 15 is 0 Å². The lowest BCUT2D eigenvalue weighted by atomic mass is 10.2. The van der Waals surface area contributed by atoms with Crippen LogP contribution in [-0.2, 0) is 4.79 Å². The van der Waals surface area contributed by atoms with Gasteiger partial charge in [-0.3, -0.25) is 9.79 Å². The average molecular weight is 282 g/mol. The van der Waals surface area contributed by atoms with Crippen LogP contribution in [0.15, 0.2) is 4.99 Å². The van der Waals surface area contributed by atoms with Crippen LogP contribution in [0, 0.1) is 0 Å². The number of hydrogen-bond acceptors (Lipinski definition) is 2. The molecule has 0 aromatic carbocycles. The van der Waals surface area contributed by atoms with Gasteiger partial charge in [0.25, 0.3) is 0 Å². The van der Waals surface area contributed by atoms with Crippen molar-refractivity contribution in [1.29, 1.82) is 0 Å². The van der Waals surface area contributed by atoms with Gasteiger partial charge in [0.05, 0.1) is 0 Å². The Hall–Kier alpha value is -1.26. The number of rotatable bonds is 8. The second kappa shape index (κ2) is 10.5. The molecule has 1 amide bonds. The Morgan fingerprint density at radius 2 is 1.90 bits per heavy atom. The van der Waals surface area contributed by atoms with Crippen molar-refractivity contribution in [2.45, 2.75) is 52.4 Å². The highest BCUT2D eigenvalue weighted by atomic mass is 16.2. The molecule has 1 fully saturated rings. The fourth-order valence-corrected chi connectivity index (χ4v) is 2.31. The molecule has 1 rings (SSSR count). The molecule has 0 atom stereocenters. The lowest BCUT2D eigenvalue weighted by Gasteiger charge is -2.16. The summed E-state index contributed by atoms with van der Waals surface area (Å²) in [7, 11) is 0. The van der Waals surface area contributed by atoms with Crippen molar-refractivity contribution >= 4 is 11.9 Å². The highest BCUT2D eigenvalue weighted by molar-refractivity contribution is 5.81.